The maximum absolute atomic E-state index is 15.4. The minimum atomic E-state index is -1.50. The van der Waals surface area contributed by atoms with Gasteiger partial charge >= 0.3 is 18.0 Å². The number of aliphatic hydroxyl groups is 1. The van der Waals surface area contributed by atoms with Gasteiger partial charge in [-0.1, -0.05) is 44.0 Å². The summed E-state index contributed by atoms with van der Waals surface area (Å²) >= 11 is 16.8. The zero-order valence-corrected chi connectivity index (χ0v) is 52.5. The topological polar surface area (TPSA) is 209 Å². The molecule has 8 rings (SSSR count). The first-order valence-electron chi connectivity index (χ1n) is 27.7. The lowest BCUT2D eigenvalue weighted by atomic mass is 9.72. The summed E-state index contributed by atoms with van der Waals surface area (Å²) in [6.45, 7) is 17.4. The minimum Gasteiger partial charge on any atom is -0.493 e. The molecule has 19 atom stereocenters. The number of Topliss-reactive ketones (excluding diaryl/α,β-unsaturated/α-hetero) is 1. The molecule has 19 nitrogen and oxygen atoms in total. The number of hydrogen-bond acceptors (Lipinski definition) is 19. The van der Waals surface area contributed by atoms with Crippen LogP contribution in [-0.2, 0) is 63.6 Å². The molecule has 0 spiro atoms. The zero-order valence-electron chi connectivity index (χ0n) is 48.0. The molecule has 2 aromatic rings. The van der Waals surface area contributed by atoms with Crippen LogP contribution in [0.1, 0.15) is 100.0 Å². The highest BCUT2D eigenvalue weighted by Gasteiger charge is 2.62. The number of cyclic esters (lactones) is 1. The van der Waals surface area contributed by atoms with Gasteiger partial charge in [0.05, 0.1) is 71.3 Å². The highest BCUT2D eigenvalue weighted by atomic mass is 127. The molecule has 1 amide bonds. The number of benzene rings is 1. The van der Waals surface area contributed by atoms with Gasteiger partial charge in [0, 0.05) is 99.9 Å². The lowest BCUT2D eigenvalue weighted by Crippen LogP contribution is -2.60. The highest BCUT2D eigenvalue weighted by Crippen LogP contribution is 2.51. The van der Waals surface area contributed by atoms with E-state index in [4.69, 9.17) is 75.3 Å². The Bertz CT molecular complexity index is 2540. The number of halogens is 3. The average molecular weight is 1290 g/mol. The second kappa shape index (κ2) is 25.7. The fraction of sp³-hybridized carbons (Fsp3) is 0.737. The maximum atomic E-state index is 15.4. The Hall–Kier alpha value is -2.97. The van der Waals surface area contributed by atoms with E-state index in [9.17, 15) is 14.7 Å². The molecule has 5 aliphatic heterocycles. The van der Waals surface area contributed by atoms with Crippen molar-refractivity contribution in [1.29, 1.82) is 0 Å². The van der Waals surface area contributed by atoms with Gasteiger partial charge in [-0.2, -0.15) is 0 Å². The summed E-state index contributed by atoms with van der Waals surface area (Å²) in [7, 11) is 6.32. The van der Waals surface area contributed by atoms with Crippen molar-refractivity contribution >= 4 is 87.1 Å². The van der Waals surface area contributed by atoms with E-state index >= 15 is 9.59 Å². The van der Waals surface area contributed by atoms with Crippen molar-refractivity contribution in [3.63, 3.8) is 0 Å². The van der Waals surface area contributed by atoms with Gasteiger partial charge in [-0.15, -0.1) is 11.8 Å². The lowest BCUT2D eigenvalue weighted by molar-refractivity contribution is -0.315. The molecule has 6 heterocycles. The molecule has 1 aliphatic carbocycles. The minimum absolute atomic E-state index is 0.0916. The van der Waals surface area contributed by atoms with Crippen molar-refractivity contribution in [1.82, 2.24) is 9.88 Å². The van der Waals surface area contributed by atoms with Gasteiger partial charge < -0.3 is 67.0 Å². The third kappa shape index (κ3) is 13.1. The van der Waals surface area contributed by atoms with Crippen molar-refractivity contribution in [2.75, 3.05) is 52.2 Å². The molecule has 1 aromatic carbocycles. The molecule has 80 heavy (non-hydrogen) atoms. The van der Waals surface area contributed by atoms with Gasteiger partial charge in [-0.05, 0) is 108 Å². The van der Waals surface area contributed by atoms with Gasteiger partial charge in [0.25, 0.3) is 0 Å². The first-order valence-corrected chi connectivity index (χ1v) is 30.7. The zero-order chi connectivity index (χ0) is 58.3. The van der Waals surface area contributed by atoms with E-state index in [0.29, 0.717) is 58.4 Å². The van der Waals surface area contributed by atoms with Crippen molar-refractivity contribution < 1.29 is 76.4 Å². The summed E-state index contributed by atoms with van der Waals surface area (Å²) in [4.78, 5) is 66.0. The van der Waals surface area contributed by atoms with E-state index in [1.807, 2.05) is 68.5 Å². The number of hydrogen-bond donors (Lipinski definition) is 1. The summed E-state index contributed by atoms with van der Waals surface area (Å²) in [5.74, 6) is -3.55. The van der Waals surface area contributed by atoms with Crippen LogP contribution in [0.5, 0.6) is 11.5 Å². The quantitative estimate of drug-likeness (QED) is 0.0678. The third-order valence-corrected chi connectivity index (χ3v) is 21.0. The maximum Gasteiger partial charge on any atom is 0.410 e. The van der Waals surface area contributed by atoms with Crippen LogP contribution in [0, 0.1) is 35.5 Å². The number of carbonyl (C=O) groups excluding carboxylic acids is 4. The number of ether oxygens (including phenoxy) is 11. The largest absolute Gasteiger partial charge is 0.493 e. The number of aliphatic hydroxyl groups excluding tert-OH is 1. The second-order valence-electron chi connectivity index (χ2n) is 23.4. The number of thioether (sulfide) groups is 1. The van der Waals surface area contributed by atoms with E-state index in [1.165, 1.54) is 26.0 Å². The van der Waals surface area contributed by atoms with Crippen molar-refractivity contribution in [2.45, 2.75) is 182 Å². The number of esters is 2. The van der Waals surface area contributed by atoms with E-state index in [2.05, 4.69) is 9.88 Å². The molecule has 1 N–H and O–H groups in total. The Morgan fingerprint density at radius 1 is 0.887 bits per heavy atom. The normalized spacial score (nSPS) is 38.9. The third-order valence-electron chi connectivity index (χ3n) is 17.6. The Balaban J connectivity index is 1.14. The second-order valence-corrected chi connectivity index (χ2v) is 26.6. The van der Waals surface area contributed by atoms with Crippen molar-refractivity contribution in [3.05, 3.63) is 46.2 Å². The molecule has 1 aromatic heterocycles. The Morgan fingerprint density at radius 3 is 2.23 bits per heavy atom. The molecule has 6 aliphatic rings. The molecule has 23 heteroatoms. The fourth-order valence-electron chi connectivity index (χ4n) is 12.4. The molecule has 0 unspecified atom stereocenters. The molecule has 5 saturated heterocycles. The molecule has 1 saturated carbocycles. The summed E-state index contributed by atoms with van der Waals surface area (Å²) in [5.41, 5.74) is -2.46. The number of likely N-dealkylation sites (N-methyl/N-ethyl adjacent to an activating group) is 1. The van der Waals surface area contributed by atoms with E-state index in [1.54, 1.807) is 66.1 Å². The van der Waals surface area contributed by atoms with Crippen molar-refractivity contribution in [3.8, 4) is 11.5 Å². The summed E-state index contributed by atoms with van der Waals surface area (Å²) in [6.07, 6.45) is -1.57. The Labute approximate surface area is 498 Å². The first kappa shape index (κ1) is 63.1. The summed E-state index contributed by atoms with van der Waals surface area (Å²) < 4.78 is 68.9. The number of aromatic nitrogens is 1. The Kier molecular flexibility index (Phi) is 20.3. The number of carbonyl (C=O) groups is 4. The molecule has 6 fully saturated rings. The standard InChI is InChI=1S/C57H80Cl2IN3O16S/c1-28-22-56(8,71-13)49(77-52-46-39(20-29(2)73-52)62(10)54(68)76-46)31(4)45(75-42-23-55(7,70-12)48(65)33(6)74-42)32(5)50(66)78-53(60)57(9)43(30(3)44(28)64)47(51(67)79-57)80-19-18-63(26-36-37(58)24-61-25-38(36)59)35-16-17-40(69-11)41(21-35)72-27-34-14-15-34/h16-17,21,24-25,28-34,39,42-43,45-49,52-53,65H,14-15,18-20,22-23,26-27H2,1-13H3/t28-,29-,30-,31+,32-,33+,39+,42+,43+,45+,46-,47+,48+,49-,52+,53+,55-,56-,57+/m1/s1. The molecule has 0 bridgehead atoms. The van der Waals surface area contributed by atoms with Gasteiger partial charge in [0.1, 0.15) is 17.1 Å². The molecule has 446 valence electrons. The van der Waals surface area contributed by atoms with Crippen LogP contribution in [0.3, 0.4) is 0 Å². The summed E-state index contributed by atoms with van der Waals surface area (Å²) in [6, 6.07) is 5.35. The van der Waals surface area contributed by atoms with Gasteiger partial charge in [0.2, 0.25) is 0 Å². The van der Waals surface area contributed by atoms with Gasteiger partial charge in [-0.3, -0.25) is 19.4 Å². The first-order chi connectivity index (χ1) is 37.8. The van der Waals surface area contributed by atoms with Gasteiger partial charge in [-0.25, -0.2) is 4.79 Å². The number of ketones is 1. The SMILES string of the molecule is COc1ccc(N(CCS[C@@H]2C(=O)O[C@@]3(C)[C@H]2[C@@H](C)C(=O)[C@H](C)C[C@@](C)(OC)[C@H](O[C@@H]2O[C@H](C)C[C@H]4[C@H]2OC(=O)N4C)[C@@H](C)[C@H](O[C@H]2C[C@@](C)(OC)[C@@H](O)[C@H](C)O2)[C@@H](C)C(=O)O[C@@H]3I)Cc2c(Cl)cncc2Cl)cc1OCC1CC1. The molecule has 0 radical (unpaired) electrons. The number of anilines is 1. The fourth-order valence-corrected chi connectivity index (χ4v) is 15.2. The number of alkyl halides is 1. The average Bonchev–Trinajstić information content (AvgIpc) is 4.23. The van der Waals surface area contributed by atoms with Crippen LogP contribution in [0.15, 0.2) is 30.6 Å². The van der Waals surface area contributed by atoms with Crippen LogP contribution in [0.25, 0.3) is 0 Å². The monoisotopic (exact) mass is 1290 g/mol. The lowest BCUT2D eigenvalue weighted by Gasteiger charge is -2.49. The number of pyridine rings is 1. The van der Waals surface area contributed by atoms with Crippen LogP contribution in [0.4, 0.5) is 10.5 Å². The van der Waals surface area contributed by atoms with Crippen LogP contribution in [0.2, 0.25) is 10.0 Å². The highest BCUT2D eigenvalue weighted by molar-refractivity contribution is 14.1. The van der Waals surface area contributed by atoms with Crippen molar-refractivity contribution in [2.24, 2.45) is 35.5 Å². The van der Waals surface area contributed by atoms with E-state index < -0.39 is 117 Å². The van der Waals surface area contributed by atoms with Crippen LogP contribution in [-0.4, -0.2) is 167 Å². The van der Waals surface area contributed by atoms with Crippen LogP contribution < -0.4 is 14.4 Å². The predicted octanol–water partition coefficient (Wildman–Crippen LogP) is 9.08. The molecular weight excluding hydrogens is 1210 g/mol. The van der Waals surface area contributed by atoms with Gasteiger partial charge in [0.15, 0.2) is 39.9 Å². The Morgan fingerprint density at radius 2 is 1.57 bits per heavy atom. The number of rotatable bonds is 17. The van der Waals surface area contributed by atoms with E-state index in [-0.39, 0.29) is 37.3 Å². The molecular formula is C57H80Cl2IN3O16S. The van der Waals surface area contributed by atoms with Crippen LogP contribution >= 0.6 is 57.6 Å². The predicted molar refractivity (Wildman–Crippen MR) is 307 cm³/mol. The summed E-state index contributed by atoms with van der Waals surface area (Å²) in [5, 5.41) is 11.1. The number of amides is 1. The number of methoxy groups -OCH3 is 3. The van der Waals surface area contributed by atoms with E-state index in [0.717, 1.165) is 18.5 Å². The smallest absolute Gasteiger partial charge is 0.410 e. The number of nitrogens with zero attached hydrogens (tertiary/aromatic N) is 3. The number of fused-ring (bicyclic) bond motifs is 2.